The smallest absolute Gasteiger partial charge is 0.394 e. The third-order valence-electron chi connectivity index (χ3n) is 1.52. The first kappa shape index (κ1) is 11.4. The van der Waals surface area contributed by atoms with Crippen molar-refractivity contribution in [3.8, 4) is 0 Å². The van der Waals surface area contributed by atoms with Crippen LogP contribution >= 0.6 is 15.9 Å². The summed E-state index contributed by atoms with van der Waals surface area (Å²) in [5.41, 5.74) is -0.561. The molecule has 0 fully saturated rings. The molecule has 1 aromatic rings. The van der Waals surface area contributed by atoms with Crippen molar-refractivity contribution in [3.63, 3.8) is 0 Å². The molecule has 6 heteroatoms. The molecule has 0 aliphatic heterocycles. The molecular formula is C9H6BrNO4. The van der Waals surface area contributed by atoms with Gasteiger partial charge < -0.3 is 10.4 Å². The standard InChI is InChI=1S/C9H6BrNO4/c10-5-3-1-2-4-6(7(5)12)11-8(13)9(14)15/h1-4H,(H,14,15)(H,11,12,13). The number of hydrogen-bond acceptors (Lipinski definition) is 3. The Morgan fingerprint density at radius 3 is 2.47 bits per heavy atom. The van der Waals surface area contributed by atoms with Crippen molar-refractivity contribution in [2.45, 2.75) is 0 Å². The molecule has 0 atom stereocenters. The van der Waals surface area contributed by atoms with E-state index in [4.69, 9.17) is 5.11 Å². The maximum Gasteiger partial charge on any atom is 0.394 e. The van der Waals surface area contributed by atoms with E-state index in [1.54, 1.807) is 6.07 Å². The second-order valence-corrected chi connectivity index (χ2v) is 3.42. The molecule has 0 aliphatic carbocycles. The number of anilines is 1. The summed E-state index contributed by atoms with van der Waals surface area (Å²) in [6.07, 6.45) is 0. The molecule has 5 nitrogen and oxygen atoms in total. The Balaban J connectivity index is 3.13. The molecule has 0 unspecified atom stereocenters. The number of carbonyl (C=O) groups excluding carboxylic acids is 1. The van der Waals surface area contributed by atoms with Crippen LogP contribution in [0.1, 0.15) is 0 Å². The van der Waals surface area contributed by atoms with Crippen LogP contribution in [0.4, 0.5) is 5.69 Å². The van der Waals surface area contributed by atoms with Crippen LogP contribution < -0.4 is 10.7 Å². The zero-order chi connectivity index (χ0) is 11.4. The van der Waals surface area contributed by atoms with E-state index in [1.165, 1.54) is 18.2 Å². The highest BCUT2D eigenvalue weighted by Crippen LogP contribution is 2.06. The van der Waals surface area contributed by atoms with E-state index in [0.717, 1.165) is 0 Å². The average Bonchev–Trinajstić information content (AvgIpc) is 2.33. The molecule has 0 spiro atoms. The first-order chi connectivity index (χ1) is 7.02. The highest BCUT2D eigenvalue weighted by Gasteiger charge is 2.12. The van der Waals surface area contributed by atoms with E-state index in [0.29, 0.717) is 0 Å². The predicted molar refractivity (Wildman–Crippen MR) is 56.7 cm³/mol. The largest absolute Gasteiger partial charge is 0.474 e. The zero-order valence-corrected chi connectivity index (χ0v) is 8.95. The second-order valence-electron chi connectivity index (χ2n) is 2.57. The first-order valence-corrected chi connectivity index (χ1v) is 4.65. The maximum absolute atomic E-state index is 11.5. The number of hydrogen-bond donors (Lipinski definition) is 2. The molecule has 1 amide bonds. The maximum atomic E-state index is 11.5. The minimum absolute atomic E-state index is 0.0840. The van der Waals surface area contributed by atoms with Gasteiger partial charge in [0.05, 0.1) is 10.2 Å². The normalized spacial score (nSPS) is 9.40. The van der Waals surface area contributed by atoms with Gasteiger partial charge in [-0.05, 0) is 28.1 Å². The molecule has 2 N–H and O–H groups in total. The summed E-state index contributed by atoms with van der Waals surface area (Å²) in [6.45, 7) is 0. The number of amides is 1. The quantitative estimate of drug-likeness (QED) is 0.742. The van der Waals surface area contributed by atoms with Crippen LogP contribution in [0.2, 0.25) is 0 Å². The summed E-state index contributed by atoms with van der Waals surface area (Å²) in [7, 11) is 0. The fourth-order valence-corrected chi connectivity index (χ4v) is 1.21. The van der Waals surface area contributed by atoms with E-state index in [2.05, 4.69) is 15.9 Å². The fraction of sp³-hybridized carbons (Fsp3) is 0. The lowest BCUT2D eigenvalue weighted by Crippen LogP contribution is -2.24. The van der Waals surface area contributed by atoms with Gasteiger partial charge in [-0.15, -0.1) is 0 Å². The Bertz CT molecular complexity index is 472. The molecule has 0 aromatic heterocycles. The second kappa shape index (κ2) is 4.70. The van der Waals surface area contributed by atoms with Crippen molar-refractivity contribution < 1.29 is 14.7 Å². The van der Waals surface area contributed by atoms with Crippen LogP contribution in [0.5, 0.6) is 0 Å². The van der Waals surface area contributed by atoms with Crippen molar-refractivity contribution in [2.75, 3.05) is 5.32 Å². The van der Waals surface area contributed by atoms with Crippen molar-refractivity contribution in [1.82, 2.24) is 0 Å². The Labute approximate surface area is 92.9 Å². The summed E-state index contributed by atoms with van der Waals surface area (Å²) >= 11 is 2.99. The molecule has 0 radical (unpaired) electrons. The summed E-state index contributed by atoms with van der Waals surface area (Å²) in [6, 6.07) is 5.93. The minimum atomic E-state index is -1.64. The molecule has 0 saturated carbocycles. The molecule has 78 valence electrons. The van der Waals surface area contributed by atoms with Crippen LogP contribution in [-0.2, 0) is 9.59 Å². The lowest BCUT2D eigenvalue weighted by atomic mass is 10.4. The van der Waals surface area contributed by atoms with Gasteiger partial charge in [-0.1, -0.05) is 12.1 Å². The number of aliphatic carboxylic acids is 1. The highest BCUT2D eigenvalue weighted by molar-refractivity contribution is 9.10. The summed E-state index contributed by atoms with van der Waals surface area (Å²) < 4.78 is 0.244. The van der Waals surface area contributed by atoms with Crippen LogP contribution in [-0.4, -0.2) is 17.0 Å². The van der Waals surface area contributed by atoms with Crippen molar-refractivity contribution >= 4 is 33.5 Å². The van der Waals surface area contributed by atoms with Gasteiger partial charge in [-0.3, -0.25) is 9.59 Å². The molecule has 0 bridgehead atoms. The SMILES string of the molecule is O=C(O)C(=O)Nc1ccccc(Br)c1=O. The van der Waals surface area contributed by atoms with Crippen LogP contribution in [0.25, 0.3) is 0 Å². The summed E-state index contributed by atoms with van der Waals surface area (Å²) in [4.78, 5) is 32.5. The number of carboxylic acids is 1. The third kappa shape index (κ3) is 2.88. The van der Waals surface area contributed by atoms with Crippen LogP contribution in [0, 0.1) is 0 Å². The lowest BCUT2D eigenvalue weighted by Gasteiger charge is -1.97. The van der Waals surface area contributed by atoms with Gasteiger partial charge in [0.1, 0.15) is 0 Å². The molecule has 15 heavy (non-hydrogen) atoms. The molecule has 0 saturated heterocycles. The zero-order valence-electron chi connectivity index (χ0n) is 7.36. The molecule has 0 aliphatic rings. The molecule has 1 aromatic carbocycles. The van der Waals surface area contributed by atoms with Gasteiger partial charge in [-0.2, -0.15) is 0 Å². The van der Waals surface area contributed by atoms with Gasteiger partial charge in [-0.25, -0.2) is 4.79 Å². The number of carbonyl (C=O) groups is 2. The number of halogens is 1. The average molecular weight is 272 g/mol. The lowest BCUT2D eigenvalue weighted by molar-refractivity contribution is -0.147. The van der Waals surface area contributed by atoms with E-state index < -0.39 is 17.3 Å². The van der Waals surface area contributed by atoms with Crippen LogP contribution in [0.15, 0.2) is 33.5 Å². The molecular weight excluding hydrogens is 266 g/mol. The Morgan fingerprint density at radius 1 is 1.27 bits per heavy atom. The van der Waals surface area contributed by atoms with Gasteiger partial charge in [0, 0.05) is 0 Å². The van der Waals surface area contributed by atoms with Crippen molar-refractivity contribution in [2.24, 2.45) is 0 Å². The van der Waals surface area contributed by atoms with Gasteiger partial charge in [0.2, 0.25) is 5.43 Å². The topological polar surface area (TPSA) is 83.5 Å². The van der Waals surface area contributed by atoms with Crippen molar-refractivity contribution in [3.05, 3.63) is 39.0 Å². The van der Waals surface area contributed by atoms with Gasteiger partial charge >= 0.3 is 11.9 Å². The van der Waals surface area contributed by atoms with Crippen LogP contribution in [0.3, 0.4) is 0 Å². The Kier molecular flexibility index (Phi) is 3.56. The van der Waals surface area contributed by atoms with E-state index in [1.807, 2.05) is 5.32 Å². The Morgan fingerprint density at radius 2 is 1.87 bits per heavy atom. The molecule has 1 rings (SSSR count). The Hall–Kier alpha value is -1.69. The highest BCUT2D eigenvalue weighted by atomic mass is 79.9. The number of carboxylic acid groups (broad SMARTS) is 1. The number of nitrogens with one attached hydrogen (secondary N) is 1. The fourth-order valence-electron chi connectivity index (χ4n) is 0.846. The van der Waals surface area contributed by atoms with Crippen molar-refractivity contribution in [1.29, 1.82) is 0 Å². The van der Waals surface area contributed by atoms with E-state index in [9.17, 15) is 14.4 Å². The minimum Gasteiger partial charge on any atom is -0.474 e. The van der Waals surface area contributed by atoms with E-state index in [-0.39, 0.29) is 10.2 Å². The monoisotopic (exact) mass is 271 g/mol. The summed E-state index contributed by atoms with van der Waals surface area (Å²) in [5.74, 6) is -2.89. The van der Waals surface area contributed by atoms with Gasteiger partial charge in [0.25, 0.3) is 0 Å². The predicted octanol–water partition coefficient (Wildman–Crippen LogP) is 0.832. The van der Waals surface area contributed by atoms with Gasteiger partial charge in [0.15, 0.2) is 0 Å². The number of rotatable bonds is 1. The third-order valence-corrected chi connectivity index (χ3v) is 2.14. The van der Waals surface area contributed by atoms with E-state index >= 15 is 0 Å². The summed E-state index contributed by atoms with van der Waals surface area (Å²) in [5, 5.41) is 10.3. The first-order valence-electron chi connectivity index (χ1n) is 3.85. The molecule has 0 heterocycles.